The van der Waals surface area contributed by atoms with Gasteiger partial charge in [0.1, 0.15) is 11.6 Å². The zero-order valence-electron chi connectivity index (χ0n) is 13.6. The van der Waals surface area contributed by atoms with Gasteiger partial charge in [-0.2, -0.15) is 0 Å². The van der Waals surface area contributed by atoms with E-state index in [1.165, 1.54) is 23.2 Å². The lowest BCUT2D eigenvalue weighted by Crippen LogP contribution is -2.40. The monoisotopic (exact) mass is 318 g/mol. The number of rotatable bonds is 4. The predicted molar refractivity (Wildman–Crippen MR) is 83.0 cm³/mol. The van der Waals surface area contributed by atoms with Crippen molar-refractivity contribution in [2.45, 2.75) is 26.7 Å². The Hall–Kier alpha value is -2.55. The molecule has 0 N–H and O–H groups in total. The van der Waals surface area contributed by atoms with Crippen LogP contribution in [0.25, 0.3) is 0 Å². The summed E-state index contributed by atoms with van der Waals surface area (Å²) < 4.78 is 19.8. The maximum Gasteiger partial charge on any atom is 0.258 e. The largest absolute Gasteiger partial charge is 0.496 e. The first-order valence-corrected chi connectivity index (χ1v) is 7.42. The van der Waals surface area contributed by atoms with Gasteiger partial charge in [-0.15, -0.1) is 5.92 Å². The molecule has 0 bridgehead atoms. The van der Waals surface area contributed by atoms with Crippen molar-refractivity contribution in [3.05, 3.63) is 29.1 Å². The van der Waals surface area contributed by atoms with Crippen molar-refractivity contribution in [1.29, 1.82) is 0 Å². The fraction of sp³-hybridized carbons (Fsp3) is 0.412. The molecule has 1 saturated heterocycles. The van der Waals surface area contributed by atoms with Crippen molar-refractivity contribution in [3.63, 3.8) is 0 Å². The Morgan fingerprint density at radius 1 is 1.17 bits per heavy atom. The maximum atomic E-state index is 14.6. The van der Waals surface area contributed by atoms with Gasteiger partial charge in [0.2, 0.25) is 0 Å². The highest BCUT2D eigenvalue weighted by Crippen LogP contribution is 2.37. The number of methoxy groups -OCH3 is 1. The molecular formula is C17H19FN2O3. The van der Waals surface area contributed by atoms with Crippen molar-refractivity contribution in [1.82, 2.24) is 10.0 Å². The third kappa shape index (κ3) is 2.74. The molecule has 2 amide bonds. The number of carbonyl (C=O) groups is 2. The number of hydrazine groups is 1. The first-order chi connectivity index (χ1) is 11.0. The molecule has 1 heterocycles. The van der Waals surface area contributed by atoms with Crippen LogP contribution in [0.2, 0.25) is 0 Å². The molecule has 0 unspecified atom stereocenters. The molecule has 1 aliphatic heterocycles. The number of amides is 2. The van der Waals surface area contributed by atoms with Crippen molar-refractivity contribution in [2.24, 2.45) is 0 Å². The van der Waals surface area contributed by atoms with Crippen molar-refractivity contribution >= 4 is 11.8 Å². The molecular weight excluding hydrogens is 299 g/mol. The Bertz CT molecular complexity index is 684. The van der Waals surface area contributed by atoms with Gasteiger partial charge in [0.05, 0.1) is 12.7 Å². The highest BCUT2D eigenvalue weighted by Gasteiger charge is 2.47. The number of benzene rings is 1. The van der Waals surface area contributed by atoms with Crippen LogP contribution in [0.5, 0.6) is 5.75 Å². The summed E-state index contributed by atoms with van der Waals surface area (Å²) in [5.74, 6) is 2.82. The summed E-state index contributed by atoms with van der Waals surface area (Å²) in [6, 6.07) is 2.76. The molecule has 0 saturated carbocycles. The Balaban J connectivity index is 2.59. The van der Waals surface area contributed by atoms with Gasteiger partial charge in [-0.05, 0) is 32.9 Å². The summed E-state index contributed by atoms with van der Waals surface area (Å²) in [4.78, 5) is 25.1. The lowest BCUT2D eigenvalue weighted by molar-refractivity contribution is -0.145. The van der Waals surface area contributed by atoms with Gasteiger partial charge in [-0.1, -0.05) is 5.92 Å². The molecule has 6 heteroatoms. The van der Waals surface area contributed by atoms with Gasteiger partial charge in [-0.3, -0.25) is 19.6 Å². The van der Waals surface area contributed by atoms with Crippen LogP contribution in [0.15, 0.2) is 12.1 Å². The third-order valence-corrected chi connectivity index (χ3v) is 3.76. The second-order valence-electron chi connectivity index (χ2n) is 4.99. The minimum absolute atomic E-state index is 0.0291. The van der Waals surface area contributed by atoms with Crippen LogP contribution in [-0.2, 0) is 9.59 Å². The Kier molecular flexibility index (Phi) is 4.89. The van der Waals surface area contributed by atoms with Crippen LogP contribution in [-0.4, -0.2) is 42.0 Å². The zero-order chi connectivity index (χ0) is 17.1. The number of halogens is 1. The van der Waals surface area contributed by atoms with E-state index in [2.05, 4.69) is 11.8 Å². The average molecular weight is 318 g/mol. The molecule has 1 aliphatic rings. The van der Waals surface area contributed by atoms with E-state index in [4.69, 9.17) is 4.74 Å². The van der Waals surface area contributed by atoms with E-state index >= 15 is 0 Å². The Labute approximate surface area is 135 Å². The zero-order valence-corrected chi connectivity index (χ0v) is 13.6. The second kappa shape index (κ2) is 6.69. The molecule has 1 fully saturated rings. The number of hydrogen-bond donors (Lipinski definition) is 0. The smallest absolute Gasteiger partial charge is 0.258 e. The molecule has 5 nitrogen and oxygen atoms in total. The standard InChI is InChI=1S/C17H19FN2O3/c1-5-8-11-9-12(18)14(13(10-11)23-4)15-16(21)19(6-2)20(7-3)17(15)22/h9-10,15H,6-7H2,1-4H3. The summed E-state index contributed by atoms with van der Waals surface area (Å²) in [6.45, 7) is 5.87. The van der Waals surface area contributed by atoms with E-state index in [1.54, 1.807) is 26.8 Å². The maximum absolute atomic E-state index is 14.6. The molecule has 2 rings (SSSR count). The highest BCUT2D eigenvalue weighted by atomic mass is 19.1. The van der Waals surface area contributed by atoms with Gasteiger partial charge >= 0.3 is 0 Å². The molecule has 0 aromatic heterocycles. The van der Waals surface area contributed by atoms with Crippen molar-refractivity contribution in [3.8, 4) is 17.6 Å². The first-order valence-electron chi connectivity index (χ1n) is 7.42. The molecule has 0 atom stereocenters. The van der Waals surface area contributed by atoms with E-state index in [-0.39, 0.29) is 11.3 Å². The first kappa shape index (κ1) is 16.8. The van der Waals surface area contributed by atoms with Gasteiger partial charge in [-0.25, -0.2) is 4.39 Å². The third-order valence-electron chi connectivity index (χ3n) is 3.76. The van der Waals surface area contributed by atoms with Crippen molar-refractivity contribution in [2.75, 3.05) is 20.2 Å². The topological polar surface area (TPSA) is 49.9 Å². The summed E-state index contributed by atoms with van der Waals surface area (Å²) in [5, 5.41) is 2.68. The molecule has 0 radical (unpaired) electrons. The Morgan fingerprint density at radius 3 is 2.17 bits per heavy atom. The van der Waals surface area contributed by atoms with Gasteiger partial charge in [0.15, 0.2) is 5.92 Å². The summed E-state index contributed by atoms with van der Waals surface area (Å²) >= 11 is 0. The predicted octanol–water partition coefficient (Wildman–Crippen LogP) is 1.91. The number of nitrogens with zero attached hydrogens (tertiary/aromatic N) is 2. The van der Waals surface area contributed by atoms with Crippen molar-refractivity contribution < 1.29 is 18.7 Å². The van der Waals surface area contributed by atoms with E-state index < -0.39 is 23.5 Å². The number of ether oxygens (including phenoxy) is 1. The van der Waals surface area contributed by atoms with Crippen LogP contribution in [0, 0.1) is 17.7 Å². The van der Waals surface area contributed by atoms with E-state index in [0.29, 0.717) is 18.7 Å². The molecule has 0 aliphatic carbocycles. The molecule has 1 aromatic carbocycles. The summed E-state index contributed by atoms with van der Waals surface area (Å²) in [7, 11) is 1.38. The minimum atomic E-state index is -1.21. The van der Waals surface area contributed by atoms with E-state index in [1.807, 2.05) is 0 Å². The SMILES string of the molecule is CC#Cc1cc(F)c(C2C(=O)N(CC)N(CC)C2=O)c(OC)c1. The Morgan fingerprint density at radius 2 is 1.74 bits per heavy atom. The van der Waals surface area contributed by atoms with Gasteiger partial charge in [0, 0.05) is 18.7 Å². The lowest BCUT2D eigenvalue weighted by Gasteiger charge is -2.24. The summed E-state index contributed by atoms with van der Waals surface area (Å²) in [6.07, 6.45) is 0. The minimum Gasteiger partial charge on any atom is -0.496 e. The quantitative estimate of drug-likeness (QED) is 0.629. The fourth-order valence-electron chi connectivity index (χ4n) is 2.80. The molecule has 1 aromatic rings. The normalized spacial score (nSPS) is 15.0. The van der Waals surface area contributed by atoms with Crippen LogP contribution < -0.4 is 4.74 Å². The van der Waals surface area contributed by atoms with Crippen LogP contribution >= 0.6 is 0 Å². The van der Waals surface area contributed by atoms with Crippen LogP contribution in [0.3, 0.4) is 0 Å². The van der Waals surface area contributed by atoms with Gasteiger partial charge < -0.3 is 4.74 Å². The van der Waals surface area contributed by atoms with E-state index in [9.17, 15) is 14.0 Å². The highest BCUT2D eigenvalue weighted by molar-refractivity contribution is 6.10. The fourth-order valence-corrected chi connectivity index (χ4v) is 2.80. The number of carbonyl (C=O) groups excluding carboxylic acids is 2. The molecule has 23 heavy (non-hydrogen) atoms. The number of hydrogen-bond acceptors (Lipinski definition) is 3. The average Bonchev–Trinajstić information content (AvgIpc) is 2.77. The number of likely N-dealkylation sites (N-methyl/N-ethyl adjacent to an activating group) is 2. The van der Waals surface area contributed by atoms with Crippen LogP contribution in [0.4, 0.5) is 4.39 Å². The van der Waals surface area contributed by atoms with Crippen LogP contribution in [0.1, 0.15) is 37.8 Å². The van der Waals surface area contributed by atoms with Gasteiger partial charge in [0.25, 0.3) is 11.8 Å². The second-order valence-corrected chi connectivity index (χ2v) is 4.99. The van der Waals surface area contributed by atoms with E-state index in [0.717, 1.165) is 0 Å². The molecule has 0 spiro atoms. The summed E-state index contributed by atoms with van der Waals surface area (Å²) in [5.41, 5.74) is 0.404. The lowest BCUT2D eigenvalue weighted by atomic mass is 9.95. The molecule has 122 valence electrons.